The molecular weight excluding hydrogens is 232 g/mol. The van der Waals surface area contributed by atoms with Crippen LogP contribution >= 0.6 is 11.8 Å². The normalized spacial score (nSPS) is 19.4. The van der Waals surface area contributed by atoms with Crippen LogP contribution in [0.5, 0.6) is 0 Å². The molecule has 4 heteroatoms. The van der Waals surface area contributed by atoms with E-state index in [1.165, 1.54) is 12.8 Å². The van der Waals surface area contributed by atoms with Gasteiger partial charge in [0.2, 0.25) is 5.91 Å². The number of piperidine rings is 1. The van der Waals surface area contributed by atoms with Crippen molar-refractivity contribution in [3.8, 4) is 0 Å². The summed E-state index contributed by atoms with van der Waals surface area (Å²) in [6.07, 6.45) is 7.73. The highest BCUT2D eigenvalue weighted by Gasteiger charge is 2.25. The van der Waals surface area contributed by atoms with Gasteiger partial charge in [0.15, 0.2) is 0 Å². The summed E-state index contributed by atoms with van der Waals surface area (Å²) in [6.45, 7) is 4.06. The number of nitrogens with zero attached hydrogens (tertiary/aromatic N) is 1. The lowest BCUT2D eigenvalue weighted by atomic mass is 9.92. The van der Waals surface area contributed by atoms with E-state index in [1.54, 1.807) is 11.8 Å². The average Bonchev–Trinajstić information content (AvgIpc) is 2.36. The first-order valence-corrected chi connectivity index (χ1v) is 8.11. The van der Waals surface area contributed by atoms with Crippen molar-refractivity contribution in [3.63, 3.8) is 0 Å². The van der Waals surface area contributed by atoms with Crippen LogP contribution < -0.4 is 5.73 Å². The van der Waals surface area contributed by atoms with Crippen molar-refractivity contribution in [2.45, 2.75) is 45.1 Å². The molecular formula is C13H26N2OS. The Hall–Kier alpha value is -0.220. The summed E-state index contributed by atoms with van der Waals surface area (Å²) in [5.74, 6) is 1.96. The SMILES string of the molecule is CCCC1CCN(C(=O)[C@H](N)CCSC)CC1. The van der Waals surface area contributed by atoms with E-state index in [9.17, 15) is 4.79 Å². The molecule has 1 heterocycles. The van der Waals surface area contributed by atoms with E-state index in [-0.39, 0.29) is 11.9 Å². The van der Waals surface area contributed by atoms with Crippen molar-refractivity contribution in [1.82, 2.24) is 4.90 Å². The van der Waals surface area contributed by atoms with Crippen LogP contribution in [0.4, 0.5) is 0 Å². The highest BCUT2D eigenvalue weighted by molar-refractivity contribution is 7.98. The van der Waals surface area contributed by atoms with Gasteiger partial charge in [0, 0.05) is 13.1 Å². The average molecular weight is 258 g/mol. The smallest absolute Gasteiger partial charge is 0.239 e. The molecule has 1 aliphatic heterocycles. The second-order valence-electron chi connectivity index (χ2n) is 4.95. The molecule has 1 aliphatic rings. The zero-order valence-electron chi connectivity index (χ0n) is 11.2. The lowest BCUT2D eigenvalue weighted by Gasteiger charge is -2.33. The van der Waals surface area contributed by atoms with E-state index >= 15 is 0 Å². The van der Waals surface area contributed by atoms with Crippen LogP contribution in [0.25, 0.3) is 0 Å². The van der Waals surface area contributed by atoms with Gasteiger partial charge in [-0.3, -0.25) is 4.79 Å². The number of thioether (sulfide) groups is 1. The quantitative estimate of drug-likeness (QED) is 0.793. The summed E-state index contributed by atoms with van der Waals surface area (Å²) in [6, 6.07) is -0.287. The molecule has 17 heavy (non-hydrogen) atoms. The molecule has 100 valence electrons. The van der Waals surface area contributed by atoms with Gasteiger partial charge >= 0.3 is 0 Å². The highest BCUT2D eigenvalue weighted by atomic mass is 32.2. The monoisotopic (exact) mass is 258 g/mol. The predicted molar refractivity (Wildman–Crippen MR) is 75.2 cm³/mol. The van der Waals surface area contributed by atoms with Crippen molar-refractivity contribution in [2.75, 3.05) is 25.1 Å². The number of nitrogens with two attached hydrogens (primary N) is 1. The first kappa shape index (κ1) is 14.8. The van der Waals surface area contributed by atoms with E-state index in [4.69, 9.17) is 5.73 Å². The Kier molecular flexibility index (Phi) is 6.97. The molecule has 0 aliphatic carbocycles. The molecule has 0 aromatic rings. The van der Waals surface area contributed by atoms with E-state index in [0.717, 1.165) is 44.0 Å². The molecule has 0 bridgehead atoms. The second kappa shape index (κ2) is 7.98. The highest BCUT2D eigenvalue weighted by Crippen LogP contribution is 2.22. The molecule has 1 saturated heterocycles. The topological polar surface area (TPSA) is 46.3 Å². The number of hydrogen-bond donors (Lipinski definition) is 1. The maximum Gasteiger partial charge on any atom is 0.239 e. The fraction of sp³-hybridized carbons (Fsp3) is 0.923. The molecule has 0 unspecified atom stereocenters. The van der Waals surface area contributed by atoms with E-state index in [1.807, 2.05) is 11.2 Å². The van der Waals surface area contributed by atoms with Gasteiger partial charge in [0.1, 0.15) is 0 Å². The van der Waals surface area contributed by atoms with Crippen molar-refractivity contribution >= 4 is 17.7 Å². The number of amides is 1. The summed E-state index contributed by atoms with van der Waals surface area (Å²) < 4.78 is 0. The first-order chi connectivity index (χ1) is 8.19. The second-order valence-corrected chi connectivity index (χ2v) is 5.93. The van der Waals surface area contributed by atoms with Gasteiger partial charge in [-0.25, -0.2) is 0 Å². The number of hydrogen-bond acceptors (Lipinski definition) is 3. The third-order valence-electron chi connectivity index (χ3n) is 3.57. The Morgan fingerprint density at radius 1 is 1.47 bits per heavy atom. The van der Waals surface area contributed by atoms with Crippen LogP contribution in [0.3, 0.4) is 0 Å². The minimum Gasteiger partial charge on any atom is -0.341 e. The van der Waals surface area contributed by atoms with Gasteiger partial charge in [-0.2, -0.15) is 11.8 Å². The van der Waals surface area contributed by atoms with Gasteiger partial charge in [-0.1, -0.05) is 19.8 Å². The summed E-state index contributed by atoms with van der Waals surface area (Å²) in [5.41, 5.74) is 5.92. The Morgan fingerprint density at radius 2 is 2.12 bits per heavy atom. The molecule has 0 radical (unpaired) electrons. The third-order valence-corrected chi connectivity index (χ3v) is 4.22. The minimum atomic E-state index is -0.287. The molecule has 1 amide bonds. The number of carbonyl (C=O) groups is 1. The van der Waals surface area contributed by atoms with Crippen molar-refractivity contribution in [2.24, 2.45) is 11.7 Å². The molecule has 0 aromatic heterocycles. The summed E-state index contributed by atoms with van der Waals surface area (Å²) in [7, 11) is 0. The summed E-state index contributed by atoms with van der Waals surface area (Å²) >= 11 is 1.75. The molecule has 0 aromatic carbocycles. The molecule has 3 nitrogen and oxygen atoms in total. The fourth-order valence-corrected chi connectivity index (χ4v) is 2.94. The Morgan fingerprint density at radius 3 is 2.65 bits per heavy atom. The van der Waals surface area contributed by atoms with Crippen LogP contribution in [0.1, 0.15) is 39.0 Å². The lowest BCUT2D eigenvalue weighted by molar-refractivity contribution is -0.134. The number of carbonyl (C=O) groups excluding carboxylic acids is 1. The van der Waals surface area contributed by atoms with Crippen LogP contribution in [-0.4, -0.2) is 41.9 Å². The van der Waals surface area contributed by atoms with Gasteiger partial charge < -0.3 is 10.6 Å². The summed E-state index contributed by atoms with van der Waals surface area (Å²) in [4.78, 5) is 14.0. The summed E-state index contributed by atoms with van der Waals surface area (Å²) in [5, 5.41) is 0. The maximum absolute atomic E-state index is 12.1. The van der Waals surface area contributed by atoms with Crippen LogP contribution in [0.2, 0.25) is 0 Å². The molecule has 1 fully saturated rings. The fourth-order valence-electron chi connectivity index (χ4n) is 2.45. The zero-order chi connectivity index (χ0) is 12.7. The van der Waals surface area contributed by atoms with E-state index in [2.05, 4.69) is 6.92 Å². The van der Waals surface area contributed by atoms with Crippen molar-refractivity contribution in [1.29, 1.82) is 0 Å². The Balaban J connectivity index is 2.30. The lowest BCUT2D eigenvalue weighted by Crippen LogP contribution is -2.47. The van der Waals surface area contributed by atoms with E-state index in [0.29, 0.717) is 0 Å². The number of likely N-dealkylation sites (tertiary alicyclic amines) is 1. The molecule has 2 N–H and O–H groups in total. The molecule has 0 spiro atoms. The number of rotatable bonds is 6. The largest absolute Gasteiger partial charge is 0.341 e. The van der Waals surface area contributed by atoms with Crippen LogP contribution in [0, 0.1) is 5.92 Å². The van der Waals surface area contributed by atoms with Crippen LogP contribution in [0.15, 0.2) is 0 Å². The van der Waals surface area contributed by atoms with Crippen molar-refractivity contribution in [3.05, 3.63) is 0 Å². The van der Waals surface area contributed by atoms with Gasteiger partial charge in [-0.05, 0) is 37.2 Å². The molecule has 0 saturated carbocycles. The predicted octanol–water partition coefficient (Wildman–Crippen LogP) is 2.11. The minimum absolute atomic E-state index is 0.161. The first-order valence-electron chi connectivity index (χ1n) is 6.72. The standard InChI is InChI=1S/C13H26N2OS/c1-3-4-11-5-8-15(9-6-11)13(16)12(14)7-10-17-2/h11-12H,3-10,14H2,1-2H3/t12-/m1/s1. The van der Waals surface area contributed by atoms with Crippen molar-refractivity contribution < 1.29 is 4.79 Å². The Bertz CT molecular complexity index is 227. The molecule has 1 rings (SSSR count). The van der Waals surface area contributed by atoms with Crippen LogP contribution in [-0.2, 0) is 4.79 Å². The van der Waals surface area contributed by atoms with Gasteiger partial charge in [-0.15, -0.1) is 0 Å². The Labute approximate surface area is 109 Å². The molecule has 1 atom stereocenters. The maximum atomic E-state index is 12.1. The third kappa shape index (κ3) is 4.88. The van der Waals surface area contributed by atoms with Gasteiger partial charge in [0.25, 0.3) is 0 Å². The zero-order valence-corrected chi connectivity index (χ0v) is 12.0. The van der Waals surface area contributed by atoms with E-state index < -0.39 is 0 Å². The van der Waals surface area contributed by atoms with Gasteiger partial charge in [0.05, 0.1) is 6.04 Å².